The zero-order valence-corrected chi connectivity index (χ0v) is 15.8. The molecule has 3 aromatic heterocycles. The molecule has 4 aromatic rings. The lowest BCUT2D eigenvalue weighted by molar-refractivity contribution is -0.114. The van der Waals surface area contributed by atoms with Crippen molar-refractivity contribution in [2.24, 2.45) is 0 Å². The first kappa shape index (κ1) is 17.3. The van der Waals surface area contributed by atoms with Gasteiger partial charge in [0.15, 0.2) is 0 Å². The predicted molar refractivity (Wildman–Crippen MR) is 111 cm³/mol. The number of thioether (sulfide) groups is 1. The molecule has 0 aliphatic heterocycles. The smallest absolute Gasteiger partial charge is 0.222 e. The van der Waals surface area contributed by atoms with Gasteiger partial charge in [0.05, 0.1) is 22.4 Å². The first-order valence-electron chi connectivity index (χ1n) is 8.50. The molecule has 134 valence electrons. The molecule has 0 bridgehead atoms. The fraction of sp³-hybridized carbons (Fsp3) is 0.0952. The van der Waals surface area contributed by atoms with Crippen LogP contribution in [0.3, 0.4) is 0 Å². The number of pyridine rings is 2. The van der Waals surface area contributed by atoms with Crippen LogP contribution in [0.4, 0.5) is 5.82 Å². The molecular weight excluding hydrogens is 356 g/mol. The van der Waals surface area contributed by atoms with Gasteiger partial charge in [-0.2, -0.15) is 0 Å². The SMILES string of the molecule is CSc1cc(-c2ccccc2)cc(-c2c[nH]c3cnc(NC(C)=O)cc23)n1. The molecule has 1 amide bonds. The summed E-state index contributed by atoms with van der Waals surface area (Å²) in [6.07, 6.45) is 5.68. The number of carbonyl (C=O) groups is 1. The Hall–Kier alpha value is -3.12. The molecule has 0 saturated heterocycles. The van der Waals surface area contributed by atoms with Crippen LogP contribution in [0.1, 0.15) is 6.92 Å². The van der Waals surface area contributed by atoms with Gasteiger partial charge in [-0.15, -0.1) is 11.8 Å². The van der Waals surface area contributed by atoms with Gasteiger partial charge in [0.25, 0.3) is 0 Å². The van der Waals surface area contributed by atoms with Crippen LogP contribution in [-0.2, 0) is 4.79 Å². The number of H-pyrrole nitrogens is 1. The molecule has 0 aliphatic carbocycles. The number of fused-ring (bicyclic) bond motifs is 1. The summed E-state index contributed by atoms with van der Waals surface area (Å²) < 4.78 is 0. The molecule has 0 saturated carbocycles. The molecule has 3 heterocycles. The second-order valence-corrected chi connectivity index (χ2v) is 6.97. The molecule has 4 rings (SSSR count). The molecule has 0 aliphatic rings. The summed E-state index contributed by atoms with van der Waals surface area (Å²) in [6, 6.07) is 16.3. The van der Waals surface area contributed by atoms with Crippen molar-refractivity contribution in [1.29, 1.82) is 0 Å². The summed E-state index contributed by atoms with van der Waals surface area (Å²) >= 11 is 1.62. The quantitative estimate of drug-likeness (QED) is 0.495. The van der Waals surface area contributed by atoms with E-state index in [1.807, 2.05) is 36.7 Å². The van der Waals surface area contributed by atoms with Gasteiger partial charge >= 0.3 is 0 Å². The molecule has 2 N–H and O–H groups in total. The maximum Gasteiger partial charge on any atom is 0.222 e. The lowest BCUT2D eigenvalue weighted by atomic mass is 10.0. The molecule has 0 fully saturated rings. The molecule has 5 nitrogen and oxygen atoms in total. The van der Waals surface area contributed by atoms with Crippen LogP contribution in [0.25, 0.3) is 33.3 Å². The summed E-state index contributed by atoms with van der Waals surface area (Å²) in [5.74, 6) is 0.382. The Morgan fingerprint density at radius 2 is 1.93 bits per heavy atom. The highest BCUT2D eigenvalue weighted by molar-refractivity contribution is 7.98. The molecule has 0 atom stereocenters. The Morgan fingerprint density at radius 1 is 1.11 bits per heavy atom. The highest BCUT2D eigenvalue weighted by atomic mass is 32.2. The van der Waals surface area contributed by atoms with E-state index < -0.39 is 0 Å². The van der Waals surface area contributed by atoms with Crippen LogP contribution in [-0.4, -0.2) is 27.1 Å². The number of aromatic amines is 1. The van der Waals surface area contributed by atoms with Gasteiger partial charge in [-0.1, -0.05) is 30.3 Å². The standard InChI is InChI=1S/C21H18N4OS/c1-13(26)24-20-10-16-17(11-22-19(16)12-23-20)18-8-15(9-21(25-18)27-2)14-6-4-3-5-7-14/h3-12,22H,1-2H3,(H,23,24,26). The number of aromatic nitrogens is 3. The van der Waals surface area contributed by atoms with Gasteiger partial charge in [0.1, 0.15) is 5.82 Å². The van der Waals surface area contributed by atoms with Crippen LogP contribution in [0, 0.1) is 0 Å². The van der Waals surface area contributed by atoms with Crippen molar-refractivity contribution in [3.8, 4) is 22.4 Å². The van der Waals surface area contributed by atoms with E-state index in [1.165, 1.54) is 6.92 Å². The minimum absolute atomic E-state index is 0.146. The average Bonchev–Trinajstić information content (AvgIpc) is 3.11. The van der Waals surface area contributed by atoms with E-state index in [4.69, 9.17) is 4.98 Å². The predicted octanol–water partition coefficient (Wildman–Crippen LogP) is 4.97. The summed E-state index contributed by atoms with van der Waals surface area (Å²) in [6.45, 7) is 1.47. The maximum absolute atomic E-state index is 11.4. The zero-order chi connectivity index (χ0) is 18.8. The summed E-state index contributed by atoms with van der Waals surface area (Å²) in [7, 11) is 0. The zero-order valence-electron chi connectivity index (χ0n) is 15.0. The van der Waals surface area contributed by atoms with Crippen molar-refractivity contribution in [2.75, 3.05) is 11.6 Å². The summed E-state index contributed by atoms with van der Waals surface area (Å²) in [5, 5.41) is 4.66. The number of nitrogens with one attached hydrogen (secondary N) is 2. The molecular formula is C21H18N4OS. The first-order chi connectivity index (χ1) is 13.1. The number of rotatable bonds is 4. The van der Waals surface area contributed by atoms with Gasteiger partial charge in [-0.05, 0) is 35.6 Å². The van der Waals surface area contributed by atoms with Crippen LogP contribution in [0.5, 0.6) is 0 Å². The van der Waals surface area contributed by atoms with Crippen LogP contribution < -0.4 is 5.32 Å². The van der Waals surface area contributed by atoms with Gasteiger partial charge in [0, 0.05) is 24.1 Å². The number of carbonyl (C=O) groups excluding carboxylic acids is 1. The van der Waals surface area contributed by atoms with Crippen molar-refractivity contribution < 1.29 is 4.79 Å². The molecule has 0 unspecified atom stereocenters. The minimum Gasteiger partial charge on any atom is -0.359 e. The monoisotopic (exact) mass is 374 g/mol. The Labute approximate surface area is 161 Å². The molecule has 1 aromatic carbocycles. The Bertz CT molecular complexity index is 1120. The summed E-state index contributed by atoms with van der Waals surface area (Å²) in [4.78, 5) is 23.7. The fourth-order valence-electron chi connectivity index (χ4n) is 3.03. The lowest BCUT2D eigenvalue weighted by Crippen LogP contribution is -2.06. The number of hydrogen-bond donors (Lipinski definition) is 2. The number of benzene rings is 1. The first-order valence-corrected chi connectivity index (χ1v) is 9.73. The van der Waals surface area contributed by atoms with Gasteiger partial charge < -0.3 is 10.3 Å². The van der Waals surface area contributed by atoms with E-state index in [0.717, 1.165) is 38.3 Å². The van der Waals surface area contributed by atoms with E-state index in [9.17, 15) is 4.79 Å². The number of hydrogen-bond acceptors (Lipinski definition) is 4. The molecule has 0 spiro atoms. The number of amides is 1. The van der Waals surface area contributed by atoms with E-state index in [-0.39, 0.29) is 5.91 Å². The second-order valence-electron chi connectivity index (χ2n) is 6.15. The highest BCUT2D eigenvalue weighted by Crippen LogP contribution is 2.33. The van der Waals surface area contributed by atoms with Gasteiger partial charge in [-0.3, -0.25) is 4.79 Å². The van der Waals surface area contributed by atoms with Crippen LogP contribution in [0.15, 0.2) is 66.0 Å². The van der Waals surface area contributed by atoms with E-state index in [1.54, 1.807) is 18.0 Å². The van der Waals surface area contributed by atoms with E-state index >= 15 is 0 Å². The maximum atomic E-state index is 11.4. The number of nitrogens with zero attached hydrogens (tertiary/aromatic N) is 2. The third kappa shape index (κ3) is 3.57. The largest absolute Gasteiger partial charge is 0.359 e. The fourth-order valence-corrected chi connectivity index (χ4v) is 3.46. The van der Waals surface area contributed by atoms with E-state index in [0.29, 0.717) is 5.82 Å². The van der Waals surface area contributed by atoms with Crippen LogP contribution >= 0.6 is 11.8 Å². The van der Waals surface area contributed by atoms with Crippen LogP contribution in [0.2, 0.25) is 0 Å². The van der Waals surface area contributed by atoms with Crippen molar-refractivity contribution in [3.05, 3.63) is 60.9 Å². The van der Waals surface area contributed by atoms with Crippen molar-refractivity contribution >= 4 is 34.4 Å². The Kier molecular flexibility index (Phi) is 4.64. The average molecular weight is 374 g/mol. The second kappa shape index (κ2) is 7.25. The lowest BCUT2D eigenvalue weighted by Gasteiger charge is -2.08. The van der Waals surface area contributed by atoms with Crippen molar-refractivity contribution in [2.45, 2.75) is 11.9 Å². The Balaban J connectivity index is 1.86. The third-order valence-corrected chi connectivity index (χ3v) is 4.89. The van der Waals surface area contributed by atoms with Crippen molar-refractivity contribution in [3.63, 3.8) is 0 Å². The van der Waals surface area contributed by atoms with Gasteiger partial charge in [0.2, 0.25) is 5.91 Å². The molecule has 27 heavy (non-hydrogen) atoms. The Morgan fingerprint density at radius 3 is 2.67 bits per heavy atom. The topological polar surface area (TPSA) is 70.7 Å². The molecule has 0 radical (unpaired) electrons. The summed E-state index contributed by atoms with van der Waals surface area (Å²) in [5.41, 5.74) is 5.03. The van der Waals surface area contributed by atoms with Gasteiger partial charge in [-0.25, -0.2) is 9.97 Å². The third-order valence-electron chi connectivity index (χ3n) is 4.26. The van der Waals surface area contributed by atoms with E-state index in [2.05, 4.69) is 39.6 Å². The minimum atomic E-state index is -0.146. The molecule has 6 heteroatoms. The number of anilines is 1. The highest BCUT2D eigenvalue weighted by Gasteiger charge is 2.12. The van der Waals surface area contributed by atoms with Crippen molar-refractivity contribution in [1.82, 2.24) is 15.0 Å². The normalized spacial score (nSPS) is 10.9.